The van der Waals surface area contributed by atoms with Gasteiger partial charge < -0.3 is 4.90 Å². The molecule has 1 aromatic carbocycles. The Morgan fingerprint density at radius 1 is 0.966 bits per heavy atom. The number of aromatic nitrogens is 3. The summed E-state index contributed by atoms with van der Waals surface area (Å²) >= 11 is 0. The van der Waals surface area contributed by atoms with Crippen molar-refractivity contribution in [3.63, 3.8) is 0 Å². The second-order valence-corrected chi connectivity index (χ2v) is 7.50. The molecule has 0 radical (unpaired) electrons. The van der Waals surface area contributed by atoms with Gasteiger partial charge >= 0.3 is 0 Å². The van der Waals surface area contributed by atoms with Crippen LogP contribution in [0.1, 0.15) is 51.8 Å². The highest BCUT2D eigenvalue weighted by Gasteiger charge is 2.26. The fourth-order valence-electron chi connectivity index (χ4n) is 3.66. The van der Waals surface area contributed by atoms with Gasteiger partial charge in [-0.1, -0.05) is 18.2 Å². The minimum atomic E-state index is -0.221. The summed E-state index contributed by atoms with van der Waals surface area (Å²) < 4.78 is 13.0. The number of halogens is 1. The monoisotopic (exact) mass is 390 g/mol. The Bertz CT molecular complexity index is 963. The largest absolute Gasteiger partial charge is 0.337 e. The number of pyridine rings is 1. The molecule has 5 nitrogen and oxygen atoms in total. The van der Waals surface area contributed by atoms with Gasteiger partial charge in [-0.05, 0) is 55.5 Å². The van der Waals surface area contributed by atoms with Crippen molar-refractivity contribution < 1.29 is 9.18 Å². The van der Waals surface area contributed by atoms with Crippen molar-refractivity contribution in [2.45, 2.75) is 32.1 Å². The molecule has 0 atom stereocenters. The number of aryl methyl sites for hydroxylation is 1. The molecule has 1 saturated heterocycles. The Hall–Kier alpha value is -3.15. The van der Waals surface area contributed by atoms with Gasteiger partial charge in [0.05, 0.1) is 11.9 Å². The van der Waals surface area contributed by atoms with E-state index in [1.165, 1.54) is 12.1 Å². The van der Waals surface area contributed by atoms with Gasteiger partial charge in [-0.2, -0.15) is 0 Å². The first-order valence-electron chi connectivity index (χ1n) is 9.85. The topological polar surface area (TPSA) is 59.0 Å². The molecule has 3 heterocycles. The smallest absolute Gasteiger partial charge is 0.274 e. The van der Waals surface area contributed by atoms with E-state index in [-0.39, 0.29) is 11.7 Å². The van der Waals surface area contributed by atoms with Crippen LogP contribution >= 0.6 is 0 Å². The number of amides is 1. The van der Waals surface area contributed by atoms with Crippen LogP contribution in [0.5, 0.6) is 0 Å². The number of rotatable bonds is 4. The van der Waals surface area contributed by atoms with Gasteiger partial charge in [-0.15, -0.1) is 0 Å². The molecule has 0 unspecified atom stereocenters. The van der Waals surface area contributed by atoms with Gasteiger partial charge in [0.1, 0.15) is 11.5 Å². The van der Waals surface area contributed by atoms with Gasteiger partial charge in [0.2, 0.25) is 0 Å². The van der Waals surface area contributed by atoms with Gasteiger partial charge in [-0.3, -0.25) is 14.8 Å². The fourth-order valence-corrected chi connectivity index (χ4v) is 3.66. The third-order valence-electron chi connectivity index (χ3n) is 5.37. The molecule has 3 aromatic rings. The first-order valence-corrected chi connectivity index (χ1v) is 9.85. The zero-order valence-electron chi connectivity index (χ0n) is 16.4. The summed E-state index contributed by atoms with van der Waals surface area (Å²) in [4.78, 5) is 27.4. The minimum Gasteiger partial charge on any atom is -0.337 e. The summed E-state index contributed by atoms with van der Waals surface area (Å²) in [6.07, 6.45) is 7.57. The highest BCUT2D eigenvalue weighted by molar-refractivity contribution is 5.92. The van der Waals surface area contributed by atoms with E-state index >= 15 is 0 Å². The Labute approximate surface area is 169 Å². The van der Waals surface area contributed by atoms with E-state index in [1.807, 2.05) is 18.0 Å². The molecule has 0 aliphatic carbocycles. The van der Waals surface area contributed by atoms with Crippen molar-refractivity contribution in [1.29, 1.82) is 0 Å². The molecular formula is C23H23FN4O. The summed E-state index contributed by atoms with van der Waals surface area (Å²) in [5, 5.41) is 0. The van der Waals surface area contributed by atoms with Crippen molar-refractivity contribution in [1.82, 2.24) is 19.9 Å². The van der Waals surface area contributed by atoms with E-state index in [2.05, 4.69) is 27.1 Å². The van der Waals surface area contributed by atoms with Gasteiger partial charge in [0.15, 0.2) is 0 Å². The summed E-state index contributed by atoms with van der Waals surface area (Å²) in [6.45, 7) is 3.24. The maximum atomic E-state index is 13.0. The van der Waals surface area contributed by atoms with E-state index in [0.717, 1.165) is 41.8 Å². The van der Waals surface area contributed by atoms with E-state index in [0.29, 0.717) is 24.7 Å². The highest BCUT2D eigenvalue weighted by Crippen LogP contribution is 2.27. The van der Waals surface area contributed by atoms with Gasteiger partial charge in [0, 0.05) is 37.1 Å². The predicted molar refractivity (Wildman–Crippen MR) is 108 cm³/mol. The lowest BCUT2D eigenvalue weighted by Gasteiger charge is -2.31. The molecule has 0 spiro atoms. The number of carbonyl (C=O) groups excluding carboxylic acids is 1. The molecule has 1 fully saturated rings. The first kappa shape index (κ1) is 19.2. The molecule has 1 aliphatic heterocycles. The van der Waals surface area contributed by atoms with Crippen molar-refractivity contribution in [2.75, 3.05) is 13.1 Å². The maximum Gasteiger partial charge on any atom is 0.274 e. The standard InChI is InChI=1S/C23H23FN4O/c1-16-13-26-22(15-25-16)23(29)28-10-8-19(9-11-28)21-7-4-18(14-27-21)12-17-2-5-20(24)6-3-17/h2-7,13-15,19H,8-12H2,1H3. The zero-order valence-corrected chi connectivity index (χ0v) is 16.4. The molecule has 6 heteroatoms. The number of hydrogen-bond donors (Lipinski definition) is 0. The lowest BCUT2D eigenvalue weighted by Crippen LogP contribution is -2.38. The third-order valence-corrected chi connectivity index (χ3v) is 5.37. The zero-order chi connectivity index (χ0) is 20.2. The van der Waals surface area contributed by atoms with Crippen molar-refractivity contribution in [3.8, 4) is 0 Å². The normalized spacial score (nSPS) is 14.8. The molecule has 148 valence electrons. The Morgan fingerprint density at radius 3 is 2.31 bits per heavy atom. The number of benzene rings is 1. The first-order chi connectivity index (χ1) is 14.1. The summed E-state index contributed by atoms with van der Waals surface area (Å²) in [6, 6.07) is 10.7. The van der Waals surface area contributed by atoms with Crippen LogP contribution in [0.25, 0.3) is 0 Å². The fraction of sp³-hybridized carbons (Fsp3) is 0.304. The van der Waals surface area contributed by atoms with Crippen molar-refractivity contribution in [3.05, 3.63) is 89.0 Å². The maximum absolute atomic E-state index is 13.0. The van der Waals surface area contributed by atoms with Crippen LogP contribution in [0.2, 0.25) is 0 Å². The SMILES string of the molecule is Cc1cnc(C(=O)N2CCC(c3ccc(Cc4ccc(F)cc4)cn3)CC2)cn1. The van der Waals surface area contributed by atoms with E-state index in [9.17, 15) is 9.18 Å². The number of piperidine rings is 1. The second kappa shape index (κ2) is 8.47. The van der Waals surface area contributed by atoms with Crippen LogP contribution in [0.15, 0.2) is 55.0 Å². The lowest BCUT2D eigenvalue weighted by atomic mass is 9.92. The third kappa shape index (κ3) is 4.65. The Balaban J connectivity index is 1.34. The average Bonchev–Trinajstić information content (AvgIpc) is 2.76. The Morgan fingerprint density at radius 2 is 1.69 bits per heavy atom. The number of carbonyl (C=O) groups is 1. The molecule has 0 N–H and O–H groups in total. The molecule has 1 amide bonds. The van der Waals surface area contributed by atoms with Crippen LogP contribution in [-0.4, -0.2) is 38.8 Å². The van der Waals surface area contributed by atoms with Crippen LogP contribution in [0.3, 0.4) is 0 Å². The molecular weight excluding hydrogens is 367 g/mol. The minimum absolute atomic E-state index is 0.0569. The van der Waals surface area contributed by atoms with Crippen LogP contribution in [-0.2, 0) is 6.42 Å². The molecule has 29 heavy (non-hydrogen) atoms. The van der Waals surface area contributed by atoms with Crippen LogP contribution < -0.4 is 0 Å². The van der Waals surface area contributed by atoms with Crippen molar-refractivity contribution >= 4 is 5.91 Å². The number of nitrogens with zero attached hydrogens (tertiary/aromatic N) is 4. The van der Waals surface area contributed by atoms with Crippen LogP contribution in [0.4, 0.5) is 4.39 Å². The van der Waals surface area contributed by atoms with Gasteiger partial charge in [0.25, 0.3) is 5.91 Å². The molecule has 0 bridgehead atoms. The molecule has 1 aliphatic rings. The lowest BCUT2D eigenvalue weighted by molar-refractivity contribution is 0.0705. The summed E-state index contributed by atoms with van der Waals surface area (Å²) in [5.41, 5.74) is 4.43. The molecule has 0 saturated carbocycles. The highest BCUT2D eigenvalue weighted by atomic mass is 19.1. The number of hydrogen-bond acceptors (Lipinski definition) is 4. The van der Waals surface area contributed by atoms with E-state index in [4.69, 9.17) is 0 Å². The van der Waals surface area contributed by atoms with Gasteiger partial charge in [-0.25, -0.2) is 9.37 Å². The second-order valence-electron chi connectivity index (χ2n) is 7.50. The Kier molecular flexibility index (Phi) is 5.60. The molecule has 4 rings (SSSR count). The quantitative estimate of drug-likeness (QED) is 0.677. The average molecular weight is 390 g/mol. The van der Waals surface area contributed by atoms with E-state index in [1.54, 1.807) is 24.5 Å². The van der Waals surface area contributed by atoms with Crippen molar-refractivity contribution in [2.24, 2.45) is 0 Å². The summed E-state index contributed by atoms with van der Waals surface area (Å²) in [5.74, 6) is 0.0723. The predicted octanol–water partition coefficient (Wildman–Crippen LogP) is 3.93. The van der Waals surface area contributed by atoms with Crippen LogP contribution in [0, 0.1) is 12.7 Å². The molecule has 2 aromatic heterocycles. The van der Waals surface area contributed by atoms with E-state index < -0.39 is 0 Å². The number of likely N-dealkylation sites (tertiary alicyclic amines) is 1. The summed E-state index contributed by atoms with van der Waals surface area (Å²) in [7, 11) is 0.